The van der Waals surface area contributed by atoms with Gasteiger partial charge in [-0.1, -0.05) is 6.07 Å². The molecule has 4 nitrogen and oxygen atoms in total. The number of aryl methyl sites for hydroxylation is 2. The van der Waals surface area contributed by atoms with Crippen LogP contribution in [0.15, 0.2) is 30.5 Å². The smallest absolute Gasteiger partial charge is 0.119 e. The summed E-state index contributed by atoms with van der Waals surface area (Å²) in [6.07, 6.45) is 3.27. The fourth-order valence-corrected chi connectivity index (χ4v) is 2.78. The molecule has 0 saturated heterocycles. The van der Waals surface area contributed by atoms with Gasteiger partial charge in [-0.25, -0.2) is 0 Å². The number of benzene rings is 1. The van der Waals surface area contributed by atoms with Crippen LogP contribution >= 0.6 is 0 Å². The van der Waals surface area contributed by atoms with Crippen molar-refractivity contribution in [3.8, 4) is 5.75 Å². The first-order chi connectivity index (χ1) is 9.19. The molecule has 4 heteroatoms. The van der Waals surface area contributed by atoms with Crippen molar-refractivity contribution in [2.45, 2.75) is 31.9 Å². The monoisotopic (exact) mass is 258 g/mol. The zero-order valence-electron chi connectivity index (χ0n) is 11.2. The van der Waals surface area contributed by atoms with Crippen molar-refractivity contribution in [1.29, 1.82) is 0 Å². The third-order valence-electron chi connectivity index (χ3n) is 3.82. The normalized spacial score (nSPS) is 22.1. The third-order valence-corrected chi connectivity index (χ3v) is 3.82. The van der Waals surface area contributed by atoms with Gasteiger partial charge < -0.3 is 9.84 Å². The van der Waals surface area contributed by atoms with Gasteiger partial charge in [-0.05, 0) is 49.1 Å². The van der Waals surface area contributed by atoms with Crippen LogP contribution in [0.5, 0.6) is 5.75 Å². The Morgan fingerprint density at radius 2 is 2.21 bits per heavy atom. The van der Waals surface area contributed by atoms with E-state index in [1.165, 1.54) is 5.56 Å². The van der Waals surface area contributed by atoms with Crippen molar-refractivity contribution in [2.24, 2.45) is 0 Å². The number of hydrogen-bond donors (Lipinski definition) is 1. The summed E-state index contributed by atoms with van der Waals surface area (Å²) in [4.78, 5) is 0. The lowest BCUT2D eigenvalue weighted by Gasteiger charge is -2.30. The van der Waals surface area contributed by atoms with E-state index in [0.717, 1.165) is 29.8 Å². The minimum absolute atomic E-state index is 0.0228. The molecule has 0 spiro atoms. The Morgan fingerprint density at radius 1 is 1.37 bits per heavy atom. The topological polar surface area (TPSA) is 47.3 Å². The molecule has 0 radical (unpaired) electrons. The first kappa shape index (κ1) is 12.2. The van der Waals surface area contributed by atoms with Gasteiger partial charge in [0.25, 0.3) is 0 Å². The fourth-order valence-electron chi connectivity index (χ4n) is 2.78. The maximum atomic E-state index is 10.5. The van der Waals surface area contributed by atoms with Crippen LogP contribution in [-0.4, -0.2) is 22.0 Å². The van der Waals surface area contributed by atoms with E-state index in [4.69, 9.17) is 4.74 Å². The van der Waals surface area contributed by atoms with Crippen molar-refractivity contribution < 1.29 is 9.84 Å². The van der Waals surface area contributed by atoms with E-state index >= 15 is 0 Å². The van der Waals surface area contributed by atoms with Crippen molar-refractivity contribution in [2.75, 3.05) is 7.11 Å². The average molecular weight is 258 g/mol. The molecule has 19 heavy (non-hydrogen) atoms. The number of aliphatic hydroxyl groups is 1. The summed E-state index contributed by atoms with van der Waals surface area (Å²) in [5, 5.41) is 15.0. The highest BCUT2D eigenvalue weighted by molar-refractivity contribution is 5.39. The molecule has 0 bridgehead atoms. The molecule has 1 heterocycles. The quantitative estimate of drug-likeness (QED) is 0.900. The number of aliphatic hydroxyl groups excluding tert-OH is 1. The van der Waals surface area contributed by atoms with Crippen LogP contribution in [0.25, 0.3) is 0 Å². The van der Waals surface area contributed by atoms with Crippen molar-refractivity contribution in [1.82, 2.24) is 9.78 Å². The Labute approximate surface area is 112 Å². The molecule has 2 atom stereocenters. The Kier molecular flexibility index (Phi) is 3.03. The molecule has 1 N–H and O–H groups in total. The van der Waals surface area contributed by atoms with Crippen LogP contribution < -0.4 is 4.74 Å². The Hall–Kier alpha value is -1.81. The molecule has 1 aliphatic carbocycles. The predicted octanol–water partition coefficient (Wildman–Crippen LogP) is 2.42. The Morgan fingerprint density at radius 3 is 2.89 bits per heavy atom. The van der Waals surface area contributed by atoms with E-state index in [2.05, 4.69) is 5.10 Å². The highest BCUT2D eigenvalue weighted by Crippen LogP contribution is 2.38. The number of methoxy groups -OCH3 is 1. The largest absolute Gasteiger partial charge is 0.497 e. The molecule has 0 aliphatic heterocycles. The lowest BCUT2D eigenvalue weighted by Crippen LogP contribution is -2.24. The molecular weight excluding hydrogens is 240 g/mol. The maximum absolute atomic E-state index is 10.5. The Bertz CT molecular complexity index is 592. The summed E-state index contributed by atoms with van der Waals surface area (Å²) in [5.74, 6) is 0.847. The second-order valence-corrected chi connectivity index (χ2v) is 5.05. The van der Waals surface area contributed by atoms with Crippen LogP contribution in [0.1, 0.15) is 35.4 Å². The summed E-state index contributed by atoms with van der Waals surface area (Å²) in [7, 11) is 1.66. The van der Waals surface area contributed by atoms with E-state index in [1.54, 1.807) is 7.11 Å². The first-order valence-electron chi connectivity index (χ1n) is 6.55. The SMILES string of the molecule is COc1ccc2c(c1)CCC(n1ccc(C)n1)C2O. The molecule has 1 aromatic carbocycles. The highest BCUT2D eigenvalue weighted by Gasteiger charge is 2.29. The van der Waals surface area contributed by atoms with Gasteiger partial charge in [-0.15, -0.1) is 0 Å². The van der Waals surface area contributed by atoms with Crippen LogP contribution in [0.2, 0.25) is 0 Å². The number of hydrogen-bond acceptors (Lipinski definition) is 3. The van der Waals surface area contributed by atoms with Crippen LogP contribution in [0, 0.1) is 6.92 Å². The second kappa shape index (κ2) is 4.70. The lowest BCUT2D eigenvalue weighted by atomic mass is 9.86. The minimum atomic E-state index is -0.506. The fraction of sp³-hybridized carbons (Fsp3) is 0.400. The molecule has 0 amide bonds. The van der Waals surface area contributed by atoms with E-state index in [0.29, 0.717) is 0 Å². The number of aromatic nitrogens is 2. The van der Waals surface area contributed by atoms with Gasteiger partial charge in [0.2, 0.25) is 0 Å². The summed E-state index contributed by atoms with van der Waals surface area (Å²) < 4.78 is 7.11. The zero-order chi connectivity index (χ0) is 13.4. The lowest BCUT2D eigenvalue weighted by molar-refractivity contribution is 0.0920. The van der Waals surface area contributed by atoms with Crippen LogP contribution in [0.4, 0.5) is 0 Å². The number of fused-ring (bicyclic) bond motifs is 1. The minimum Gasteiger partial charge on any atom is -0.497 e. The molecule has 2 unspecified atom stereocenters. The number of ether oxygens (including phenoxy) is 1. The first-order valence-corrected chi connectivity index (χ1v) is 6.55. The standard InChI is InChI=1S/C15H18N2O2/c1-10-7-8-17(16-10)14-6-3-11-9-12(19-2)4-5-13(11)15(14)18/h4-5,7-9,14-15,18H,3,6H2,1-2H3. The number of rotatable bonds is 2. The molecule has 0 fully saturated rings. The van der Waals surface area contributed by atoms with Gasteiger partial charge in [0.15, 0.2) is 0 Å². The van der Waals surface area contributed by atoms with Crippen LogP contribution in [-0.2, 0) is 6.42 Å². The van der Waals surface area contributed by atoms with E-state index < -0.39 is 6.10 Å². The molecule has 100 valence electrons. The van der Waals surface area contributed by atoms with E-state index in [9.17, 15) is 5.11 Å². The summed E-state index contributed by atoms with van der Waals surface area (Å²) >= 11 is 0. The van der Waals surface area contributed by atoms with Gasteiger partial charge in [-0.3, -0.25) is 4.68 Å². The van der Waals surface area contributed by atoms with Gasteiger partial charge in [0.05, 0.1) is 18.8 Å². The maximum Gasteiger partial charge on any atom is 0.119 e. The van der Waals surface area contributed by atoms with Gasteiger partial charge in [0.1, 0.15) is 11.9 Å². The molecule has 2 aromatic rings. The third kappa shape index (κ3) is 2.12. The van der Waals surface area contributed by atoms with Crippen molar-refractivity contribution in [3.63, 3.8) is 0 Å². The summed E-state index contributed by atoms with van der Waals surface area (Å²) in [6, 6.07) is 7.87. The number of nitrogens with zero attached hydrogens (tertiary/aromatic N) is 2. The molecule has 1 aliphatic rings. The highest BCUT2D eigenvalue weighted by atomic mass is 16.5. The summed E-state index contributed by atoms with van der Waals surface area (Å²) in [6.45, 7) is 1.96. The van der Waals surface area contributed by atoms with Gasteiger partial charge in [-0.2, -0.15) is 5.10 Å². The average Bonchev–Trinajstić information content (AvgIpc) is 2.85. The molecular formula is C15H18N2O2. The molecule has 0 saturated carbocycles. The van der Waals surface area contributed by atoms with Crippen molar-refractivity contribution in [3.05, 3.63) is 47.3 Å². The molecule has 1 aromatic heterocycles. The predicted molar refractivity (Wildman–Crippen MR) is 72.3 cm³/mol. The van der Waals surface area contributed by atoms with Gasteiger partial charge >= 0.3 is 0 Å². The molecule has 3 rings (SSSR count). The van der Waals surface area contributed by atoms with E-state index in [1.807, 2.05) is 42.1 Å². The second-order valence-electron chi connectivity index (χ2n) is 5.05. The van der Waals surface area contributed by atoms with Crippen LogP contribution in [0.3, 0.4) is 0 Å². The summed E-state index contributed by atoms with van der Waals surface area (Å²) in [5.41, 5.74) is 3.14. The van der Waals surface area contributed by atoms with Crippen molar-refractivity contribution >= 4 is 0 Å². The Balaban J connectivity index is 1.93. The zero-order valence-corrected chi connectivity index (χ0v) is 11.2. The van der Waals surface area contributed by atoms with Gasteiger partial charge in [0, 0.05) is 6.20 Å². The van der Waals surface area contributed by atoms with E-state index in [-0.39, 0.29) is 6.04 Å².